The first kappa shape index (κ1) is 29.4. The van der Waals surface area contributed by atoms with Crippen molar-refractivity contribution in [3.8, 4) is 0 Å². The number of thiazole rings is 1. The van der Waals surface area contributed by atoms with Crippen LogP contribution in [-0.2, 0) is 5.75 Å². The maximum absolute atomic E-state index is 12.0. The van der Waals surface area contributed by atoms with E-state index in [4.69, 9.17) is 11.5 Å². The number of nitrogens with one attached hydrogen (secondary N) is 2. The highest BCUT2D eigenvalue weighted by molar-refractivity contribution is 7.98. The van der Waals surface area contributed by atoms with Crippen molar-refractivity contribution < 1.29 is 4.79 Å². The molecule has 1 atom stereocenters. The standard InChI is InChI=1S/C27H38N8OS2/c1-35(17-12-23(21-9-3-2-4-10-21)24-11-5-6-13-30-24)16-8-7-14-31-26(36)32-15-18-37-19-22-20-38-27(33-22)34-25(28)29/h2-6,9-11,13,20,23H,7-8,12,14-19H2,1H3,(H2,31,32,36)(H4,28,29,33,34). The van der Waals surface area contributed by atoms with E-state index in [1.165, 1.54) is 16.9 Å². The van der Waals surface area contributed by atoms with Crippen molar-refractivity contribution >= 4 is 40.2 Å². The number of aliphatic imine (C=N–C) groups is 1. The molecule has 3 aromatic rings. The van der Waals surface area contributed by atoms with E-state index in [1.807, 2.05) is 17.6 Å². The molecule has 0 saturated carbocycles. The van der Waals surface area contributed by atoms with Gasteiger partial charge in [-0.2, -0.15) is 16.8 Å². The van der Waals surface area contributed by atoms with Crippen LogP contribution in [0.1, 0.15) is 42.1 Å². The summed E-state index contributed by atoms with van der Waals surface area (Å²) in [4.78, 5) is 27.3. The molecule has 9 nitrogen and oxygen atoms in total. The Hall–Kier alpha value is -3.15. The van der Waals surface area contributed by atoms with Crippen LogP contribution in [0.5, 0.6) is 0 Å². The van der Waals surface area contributed by atoms with Crippen molar-refractivity contribution in [1.29, 1.82) is 0 Å². The van der Waals surface area contributed by atoms with E-state index in [1.54, 1.807) is 11.8 Å². The third kappa shape index (κ3) is 11.1. The number of benzene rings is 1. The second kappa shape index (κ2) is 16.6. The number of unbranched alkanes of at least 4 members (excludes halogenated alkanes) is 1. The number of carbonyl (C=O) groups excluding carboxylic acids is 1. The van der Waals surface area contributed by atoms with E-state index in [9.17, 15) is 4.79 Å². The number of carbonyl (C=O) groups is 1. The van der Waals surface area contributed by atoms with E-state index >= 15 is 0 Å². The van der Waals surface area contributed by atoms with E-state index in [-0.39, 0.29) is 17.9 Å². The van der Waals surface area contributed by atoms with Gasteiger partial charge in [-0.25, -0.2) is 9.78 Å². The van der Waals surface area contributed by atoms with Gasteiger partial charge in [0.25, 0.3) is 0 Å². The molecule has 2 aromatic heterocycles. The lowest BCUT2D eigenvalue weighted by atomic mass is 9.92. The normalized spacial score (nSPS) is 11.7. The Kier molecular flexibility index (Phi) is 12.9. The highest BCUT2D eigenvalue weighted by Gasteiger charge is 2.16. The highest BCUT2D eigenvalue weighted by atomic mass is 32.2. The molecular weight excluding hydrogens is 516 g/mol. The maximum Gasteiger partial charge on any atom is 0.314 e. The van der Waals surface area contributed by atoms with Crippen molar-refractivity contribution in [2.24, 2.45) is 16.5 Å². The SMILES string of the molecule is CN(CCCCNC(=O)NCCSCc1csc(N=C(N)N)n1)CCC(c1ccccc1)c1ccccn1. The summed E-state index contributed by atoms with van der Waals surface area (Å²) in [6, 6.07) is 16.6. The molecule has 0 saturated heterocycles. The Balaban J connectivity index is 1.23. The number of nitrogens with zero attached hydrogens (tertiary/aromatic N) is 4. The summed E-state index contributed by atoms with van der Waals surface area (Å²) in [7, 11) is 2.16. The molecule has 0 aliphatic carbocycles. The molecule has 11 heteroatoms. The second-order valence-corrected chi connectivity index (χ2v) is 10.9. The molecule has 0 aliphatic heterocycles. The number of nitrogens with two attached hydrogens (primary N) is 2. The number of pyridine rings is 1. The molecule has 38 heavy (non-hydrogen) atoms. The molecule has 6 N–H and O–H groups in total. The minimum Gasteiger partial charge on any atom is -0.370 e. The number of urea groups is 1. The van der Waals surface area contributed by atoms with Gasteiger partial charge in [0.2, 0.25) is 5.13 Å². The number of guanidine groups is 1. The van der Waals surface area contributed by atoms with Crippen molar-refractivity contribution in [2.75, 3.05) is 39.0 Å². The fraction of sp³-hybridized carbons (Fsp3) is 0.407. The van der Waals surface area contributed by atoms with Crippen LogP contribution in [0.25, 0.3) is 0 Å². The van der Waals surface area contributed by atoms with Gasteiger partial charge in [-0.15, -0.1) is 11.3 Å². The minimum absolute atomic E-state index is 0.00867. The summed E-state index contributed by atoms with van der Waals surface area (Å²) in [6.07, 6.45) is 4.85. The summed E-state index contributed by atoms with van der Waals surface area (Å²) in [5.41, 5.74) is 14.1. The van der Waals surface area contributed by atoms with Crippen LogP contribution in [0.3, 0.4) is 0 Å². The number of hydrogen-bond acceptors (Lipinski definition) is 7. The van der Waals surface area contributed by atoms with Crippen LogP contribution in [0.2, 0.25) is 0 Å². The lowest BCUT2D eigenvalue weighted by Crippen LogP contribution is -2.37. The fourth-order valence-electron chi connectivity index (χ4n) is 3.92. The number of hydrogen-bond donors (Lipinski definition) is 4. The zero-order valence-electron chi connectivity index (χ0n) is 21.9. The fourth-order valence-corrected chi connectivity index (χ4v) is 5.48. The maximum atomic E-state index is 12.0. The first-order chi connectivity index (χ1) is 18.5. The second-order valence-electron chi connectivity index (χ2n) is 8.91. The lowest BCUT2D eigenvalue weighted by Gasteiger charge is -2.22. The Morgan fingerprint density at radius 3 is 2.63 bits per heavy atom. The smallest absolute Gasteiger partial charge is 0.314 e. The van der Waals surface area contributed by atoms with E-state index in [0.717, 1.165) is 55.2 Å². The van der Waals surface area contributed by atoms with Crippen LogP contribution in [-0.4, -0.2) is 65.8 Å². The van der Waals surface area contributed by atoms with Gasteiger partial charge >= 0.3 is 6.03 Å². The first-order valence-corrected chi connectivity index (χ1v) is 14.8. The summed E-state index contributed by atoms with van der Waals surface area (Å²) in [5, 5.41) is 8.35. The van der Waals surface area contributed by atoms with Gasteiger partial charge in [0.15, 0.2) is 5.96 Å². The average Bonchev–Trinajstić information content (AvgIpc) is 3.36. The zero-order valence-corrected chi connectivity index (χ0v) is 23.5. The number of aromatic nitrogens is 2. The number of thioether (sulfide) groups is 1. The van der Waals surface area contributed by atoms with E-state index in [0.29, 0.717) is 18.2 Å². The molecule has 0 bridgehead atoms. The molecular formula is C27H38N8OS2. The summed E-state index contributed by atoms with van der Waals surface area (Å²) in [5.74, 6) is 1.85. The predicted octanol–water partition coefficient (Wildman–Crippen LogP) is 3.91. The van der Waals surface area contributed by atoms with Crippen molar-refractivity contribution in [2.45, 2.75) is 30.9 Å². The van der Waals surface area contributed by atoms with Gasteiger partial charge < -0.3 is 27.0 Å². The summed E-state index contributed by atoms with van der Waals surface area (Å²) in [6.45, 7) is 3.24. The summed E-state index contributed by atoms with van der Waals surface area (Å²) < 4.78 is 0. The third-order valence-corrected chi connectivity index (χ3v) is 7.62. The van der Waals surface area contributed by atoms with Gasteiger partial charge in [-0.05, 0) is 57.1 Å². The molecule has 2 heterocycles. The van der Waals surface area contributed by atoms with Crippen LogP contribution in [0, 0.1) is 0 Å². The van der Waals surface area contributed by atoms with Gasteiger partial charge in [-0.1, -0.05) is 36.4 Å². The molecule has 0 spiro atoms. The molecule has 0 radical (unpaired) electrons. The van der Waals surface area contributed by atoms with Crippen LogP contribution >= 0.6 is 23.1 Å². The quantitative estimate of drug-likeness (QED) is 0.120. The van der Waals surface area contributed by atoms with Crippen LogP contribution in [0.15, 0.2) is 65.1 Å². The number of rotatable bonds is 16. The lowest BCUT2D eigenvalue weighted by molar-refractivity contribution is 0.241. The Labute approximate surface area is 233 Å². The molecule has 0 fully saturated rings. The molecule has 1 unspecified atom stereocenters. The predicted molar refractivity (Wildman–Crippen MR) is 159 cm³/mol. The van der Waals surface area contributed by atoms with Gasteiger partial charge in [0.1, 0.15) is 0 Å². The molecule has 0 aliphatic rings. The molecule has 3 rings (SSSR count). The molecule has 1 aromatic carbocycles. The van der Waals surface area contributed by atoms with Crippen molar-refractivity contribution in [1.82, 2.24) is 25.5 Å². The molecule has 204 valence electrons. The van der Waals surface area contributed by atoms with Gasteiger partial charge in [-0.3, -0.25) is 4.98 Å². The van der Waals surface area contributed by atoms with Crippen LogP contribution < -0.4 is 22.1 Å². The highest BCUT2D eigenvalue weighted by Crippen LogP contribution is 2.26. The Morgan fingerprint density at radius 2 is 1.87 bits per heavy atom. The third-order valence-electron chi connectivity index (χ3n) is 5.84. The monoisotopic (exact) mass is 554 g/mol. The number of amides is 2. The van der Waals surface area contributed by atoms with Gasteiger partial charge in [0.05, 0.1) is 5.69 Å². The zero-order chi connectivity index (χ0) is 27.0. The molecule has 2 amide bonds. The Morgan fingerprint density at radius 1 is 1.08 bits per heavy atom. The van der Waals surface area contributed by atoms with E-state index < -0.39 is 0 Å². The topological polar surface area (TPSA) is 135 Å². The Bertz CT molecular complexity index is 1070. The van der Waals surface area contributed by atoms with Gasteiger partial charge in [0, 0.05) is 47.8 Å². The first-order valence-electron chi connectivity index (χ1n) is 12.8. The summed E-state index contributed by atoms with van der Waals surface area (Å²) >= 11 is 3.11. The van der Waals surface area contributed by atoms with Crippen LogP contribution in [0.4, 0.5) is 9.93 Å². The van der Waals surface area contributed by atoms with E-state index in [2.05, 4.69) is 80.0 Å². The minimum atomic E-state index is -0.122. The largest absolute Gasteiger partial charge is 0.370 e. The van der Waals surface area contributed by atoms with Crippen molar-refractivity contribution in [3.63, 3.8) is 0 Å². The average molecular weight is 555 g/mol. The van der Waals surface area contributed by atoms with Crippen molar-refractivity contribution in [3.05, 3.63) is 77.1 Å².